The Hall–Kier alpha value is -7.67. The van der Waals surface area contributed by atoms with Crippen molar-refractivity contribution in [3.8, 4) is 11.1 Å². The van der Waals surface area contributed by atoms with E-state index in [-0.39, 0.29) is 44.2 Å². The number of carbonyl (C=O) groups excluding carboxylic acids is 2. The van der Waals surface area contributed by atoms with Gasteiger partial charge in [0.2, 0.25) is 0 Å². The minimum absolute atomic E-state index is 0. The number of carbonyl (C=O) groups is 2. The molecule has 7 nitrogen and oxygen atoms in total. The molecule has 0 unspecified atom stereocenters. The number of ether oxygens (including phenoxy) is 1. The molecule has 0 spiro atoms. The molecular formula is C64H54N4NiO3. The Morgan fingerprint density at radius 2 is 1.14 bits per heavy atom. The van der Waals surface area contributed by atoms with Gasteiger partial charge in [-0.1, -0.05) is 195 Å². The summed E-state index contributed by atoms with van der Waals surface area (Å²) in [4.78, 5) is 50.1. The van der Waals surface area contributed by atoms with Crippen molar-refractivity contribution >= 4 is 51.3 Å². The van der Waals surface area contributed by atoms with Crippen molar-refractivity contribution in [2.24, 2.45) is 9.98 Å². The van der Waals surface area contributed by atoms with E-state index < -0.39 is 5.97 Å². The Bertz CT molecular complexity index is 3890. The van der Waals surface area contributed by atoms with Gasteiger partial charge < -0.3 is 14.7 Å². The first-order valence-corrected chi connectivity index (χ1v) is 24.3. The van der Waals surface area contributed by atoms with E-state index in [2.05, 4.69) is 159 Å². The zero-order valence-corrected chi connectivity index (χ0v) is 42.9. The summed E-state index contributed by atoms with van der Waals surface area (Å²) in [7, 11) is 0. The molecule has 0 atom stereocenters. The predicted molar refractivity (Wildman–Crippen MR) is 286 cm³/mol. The molecule has 0 aliphatic carbocycles. The maximum atomic E-state index is 14.6. The average molecular weight is 986 g/mol. The molecule has 358 valence electrons. The molecule has 8 heteroatoms. The Labute approximate surface area is 430 Å². The minimum atomic E-state index is -0.566. The van der Waals surface area contributed by atoms with Crippen molar-refractivity contribution in [2.45, 2.75) is 78.6 Å². The van der Waals surface area contributed by atoms with Crippen LogP contribution in [0.15, 0.2) is 173 Å². The van der Waals surface area contributed by atoms with Gasteiger partial charge in [0.15, 0.2) is 5.76 Å². The van der Waals surface area contributed by atoms with Crippen molar-refractivity contribution in [1.82, 2.24) is 9.97 Å². The second kappa shape index (κ2) is 17.9. The van der Waals surface area contributed by atoms with Crippen LogP contribution in [-0.2, 0) is 37.5 Å². The fraction of sp³-hybridized carbons (Fsp3) is 0.188. The third-order valence-corrected chi connectivity index (χ3v) is 13.9. The molecule has 6 aromatic carbocycles. The smallest absolute Gasteiger partial charge is 0.657 e. The monoisotopic (exact) mass is 984 g/mol. The largest absolute Gasteiger partial charge is 2.00 e. The van der Waals surface area contributed by atoms with Gasteiger partial charge in [0.05, 0.1) is 33.6 Å². The summed E-state index contributed by atoms with van der Waals surface area (Å²) in [5.74, 6) is -0.358. The van der Waals surface area contributed by atoms with E-state index in [9.17, 15) is 9.59 Å². The van der Waals surface area contributed by atoms with Crippen LogP contribution in [0.5, 0.6) is 0 Å². The fourth-order valence-electron chi connectivity index (χ4n) is 9.95. The van der Waals surface area contributed by atoms with E-state index in [4.69, 9.17) is 24.7 Å². The van der Waals surface area contributed by atoms with Gasteiger partial charge in [-0.25, -0.2) is 14.8 Å². The summed E-state index contributed by atoms with van der Waals surface area (Å²) in [6.45, 7) is 19.9. The van der Waals surface area contributed by atoms with E-state index in [0.29, 0.717) is 44.5 Å². The van der Waals surface area contributed by atoms with E-state index in [1.807, 2.05) is 48.5 Å². The standard InChI is InChI=1S/C64H55N4O3.Ni/c1-62(2,3)42-24-20-38(21-25-42)53-47-30-31-49(65-47)54(39-22-26-43(27-23-39)63(4,5)6)51-34-41(36-69)57(67-51)59-60(71-61(70)40-18-14-11-15-19-40)56-52(37-16-12-10-13-17-37)46-35-44(64(7,8)9)28-29-45(46)55(58(56)68-59)50-33-32-48(53)66-50;/h10-36H,1-9H3,(H-,65,66,67,68,69);/q-1;+2/p-1. The van der Waals surface area contributed by atoms with Crippen molar-refractivity contribution in [1.29, 1.82) is 0 Å². The molecule has 72 heavy (non-hydrogen) atoms. The number of fused-ring (bicyclic) bond motifs is 9. The summed E-state index contributed by atoms with van der Waals surface area (Å²) < 4.78 is 6.73. The normalized spacial score (nSPS) is 14.2. The summed E-state index contributed by atoms with van der Waals surface area (Å²) in [5.41, 5.74) is 12.2. The van der Waals surface area contributed by atoms with Crippen LogP contribution in [0.1, 0.15) is 128 Å². The van der Waals surface area contributed by atoms with Gasteiger partial charge in [0.1, 0.15) is 6.29 Å². The maximum Gasteiger partial charge on any atom is 2.00 e. The zero-order valence-electron chi connectivity index (χ0n) is 41.9. The van der Waals surface area contributed by atoms with Gasteiger partial charge in [0, 0.05) is 11.1 Å². The minimum Gasteiger partial charge on any atom is -0.657 e. The van der Waals surface area contributed by atoms with Crippen molar-refractivity contribution < 1.29 is 30.8 Å². The number of hydrogen-bond acceptors (Lipinski definition) is 5. The Morgan fingerprint density at radius 1 is 0.556 bits per heavy atom. The third-order valence-electron chi connectivity index (χ3n) is 13.9. The number of esters is 1. The molecule has 2 aromatic heterocycles. The molecule has 8 aromatic rings. The summed E-state index contributed by atoms with van der Waals surface area (Å²) >= 11 is 0. The number of benzene rings is 6. The first-order chi connectivity index (χ1) is 34.0. The van der Waals surface area contributed by atoms with Crippen LogP contribution in [0.25, 0.3) is 44.5 Å². The van der Waals surface area contributed by atoms with Crippen LogP contribution in [0, 0.1) is 10.6 Å². The third kappa shape index (κ3) is 8.37. The van der Waals surface area contributed by atoms with Gasteiger partial charge in [-0.15, -0.1) is 16.4 Å². The van der Waals surface area contributed by atoms with Crippen LogP contribution in [0.2, 0.25) is 0 Å². The second-order valence-corrected chi connectivity index (χ2v) is 21.8. The number of aromatic nitrogens is 2. The Morgan fingerprint density at radius 3 is 1.75 bits per heavy atom. The van der Waals surface area contributed by atoms with Crippen LogP contribution in [0.4, 0.5) is 0 Å². The molecule has 0 radical (unpaired) electrons. The zero-order chi connectivity index (χ0) is 49.6. The van der Waals surface area contributed by atoms with Gasteiger partial charge in [0.25, 0.3) is 0 Å². The van der Waals surface area contributed by atoms with Gasteiger partial charge in [-0.05, 0) is 107 Å². The second-order valence-electron chi connectivity index (χ2n) is 21.8. The van der Waals surface area contributed by atoms with E-state index in [1.54, 1.807) is 12.1 Å². The first-order valence-electron chi connectivity index (χ1n) is 24.3. The molecule has 0 fully saturated rings. The van der Waals surface area contributed by atoms with Gasteiger partial charge >= 0.3 is 22.5 Å². The van der Waals surface area contributed by atoms with Crippen molar-refractivity contribution in [2.75, 3.05) is 0 Å². The Balaban J connectivity index is 0.00000596. The number of nitrogens with zero attached hydrogens (tertiary/aromatic N) is 4. The summed E-state index contributed by atoms with van der Waals surface area (Å²) in [6.07, 6.45) is 4.89. The molecule has 0 N–H and O–H groups in total. The molecule has 11 rings (SSSR count). The van der Waals surface area contributed by atoms with Crippen LogP contribution < -0.4 is 20.7 Å². The van der Waals surface area contributed by atoms with Gasteiger partial charge in [-0.2, -0.15) is 0 Å². The molecule has 5 heterocycles. The van der Waals surface area contributed by atoms with E-state index in [1.165, 1.54) is 11.1 Å². The number of hydrogen-bond donors (Lipinski definition) is 0. The SMILES string of the molecule is CC(C)(C)c1ccc(C2=C3C=CC(=N3)C(c3ccc(C(C)(C)C)cc3)=c3ccc([n-]3)=c3c4c(c(-c5ccccc5)c5cc(C(C)(C)C)ccc35)C(OC(=O)c3ccccc3)=C(N=4)c3[n-]c2cc3C=O)cc1.[Ni+2]. The summed E-state index contributed by atoms with van der Waals surface area (Å²) in [5, 5.41) is 4.64. The molecule has 0 saturated carbocycles. The van der Waals surface area contributed by atoms with Crippen molar-refractivity contribution in [3.63, 3.8) is 0 Å². The van der Waals surface area contributed by atoms with Crippen molar-refractivity contribution in [3.05, 3.63) is 241 Å². The number of aldehydes is 1. The molecule has 3 aliphatic rings. The number of aliphatic imine (C=N–C) groups is 1. The first kappa shape index (κ1) is 48.0. The van der Waals surface area contributed by atoms with Crippen LogP contribution in [-0.4, -0.2) is 18.0 Å². The number of allylic oxidation sites excluding steroid dienone is 2. The van der Waals surface area contributed by atoms with E-state index in [0.717, 1.165) is 72.3 Å². The van der Waals surface area contributed by atoms with E-state index >= 15 is 0 Å². The molecule has 0 amide bonds. The molecule has 8 bridgehead atoms. The average Bonchev–Trinajstić information content (AvgIpc) is 4.18. The van der Waals surface area contributed by atoms with Crippen LogP contribution >= 0.6 is 0 Å². The fourth-order valence-corrected chi connectivity index (χ4v) is 9.95. The summed E-state index contributed by atoms with van der Waals surface area (Å²) in [6, 6.07) is 48.9. The Kier molecular flexibility index (Phi) is 11.9. The van der Waals surface area contributed by atoms with Gasteiger partial charge in [-0.3, -0.25) is 4.79 Å². The number of rotatable bonds is 6. The molecule has 3 aliphatic heterocycles. The predicted octanol–water partition coefficient (Wildman–Crippen LogP) is 12.7. The molecule has 0 saturated heterocycles. The molecular weight excluding hydrogens is 931 g/mol. The maximum absolute atomic E-state index is 14.6. The quantitative estimate of drug-likeness (QED) is 0.0939. The van der Waals surface area contributed by atoms with Crippen LogP contribution in [0.3, 0.4) is 0 Å². The topological polar surface area (TPSA) is 96.3 Å².